The Morgan fingerprint density at radius 3 is 2.45 bits per heavy atom. The van der Waals surface area contributed by atoms with Crippen molar-refractivity contribution < 1.29 is 22.7 Å². The fourth-order valence-electron chi connectivity index (χ4n) is 6.54. The molecule has 1 aromatic carbocycles. The van der Waals surface area contributed by atoms with E-state index >= 15 is 0 Å². The van der Waals surface area contributed by atoms with Gasteiger partial charge in [0.2, 0.25) is 15.9 Å². The lowest BCUT2D eigenvalue weighted by atomic mass is 9.70. The van der Waals surface area contributed by atoms with Crippen molar-refractivity contribution in [1.29, 1.82) is 0 Å². The fraction of sp³-hybridized carbons (Fsp3) is 0.625. The van der Waals surface area contributed by atoms with Gasteiger partial charge in [0.15, 0.2) is 0 Å². The number of benzene rings is 1. The summed E-state index contributed by atoms with van der Waals surface area (Å²) in [5.41, 5.74) is 3.44. The van der Waals surface area contributed by atoms with E-state index in [4.69, 9.17) is 9.47 Å². The first kappa shape index (κ1) is 32.4. The minimum atomic E-state index is -3.73. The van der Waals surface area contributed by atoms with Crippen molar-refractivity contribution in [1.82, 2.24) is 19.1 Å². The zero-order chi connectivity index (χ0) is 30.3. The average Bonchev–Trinajstić information content (AvgIpc) is 3.51. The summed E-state index contributed by atoms with van der Waals surface area (Å²) in [6.45, 7) is 10.6. The number of rotatable bonds is 13. The molecule has 232 valence electrons. The van der Waals surface area contributed by atoms with Gasteiger partial charge in [0.1, 0.15) is 12.4 Å². The van der Waals surface area contributed by atoms with E-state index in [1.165, 1.54) is 35.8 Å². The summed E-state index contributed by atoms with van der Waals surface area (Å²) in [5.74, 6) is 0.626. The van der Waals surface area contributed by atoms with Gasteiger partial charge in [-0.1, -0.05) is 6.07 Å². The summed E-state index contributed by atoms with van der Waals surface area (Å²) in [7, 11) is -0.599. The molecule has 0 unspecified atom stereocenters. The first-order chi connectivity index (χ1) is 20.1. The Morgan fingerprint density at radius 2 is 1.81 bits per heavy atom. The van der Waals surface area contributed by atoms with Gasteiger partial charge in [0.25, 0.3) is 0 Å². The SMILES string of the molecule is COc1cc(C)c(S(=O)(=O)N(C)CCOCC(=O)N2CCC(CCCN3CCCC3)(c3cccnc3)CC2)c(C)c1C. The summed E-state index contributed by atoms with van der Waals surface area (Å²) >= 11 is 0. The van der Waals surface area contributed by atoms with E-state index in [0.717, 1.165) is 37.8 Å². The van der Waals surface area contributed by atoms with Crippen LogP contribution in [0.25, 0.3) is 0 Å². The Bertz CT molecular complexity index is 1300. The van der Waals surface area contributed by atoms with E-state index in [1.54, 1.807) is 34.1 Å². The highest BCUT2D eigenvalue weighted by Crippen LogP contribution is 2.39. The topological polar surface area (TPSA) is 92.3 Å². The maximum absolute atomic E-state index is 13.4. The van der Waals surface area contributed by atoms with Gasteiger partial charge in [-0.15, -0.1) is 0 Å². The van der Waals surface area contributed by atoms with E-state index in [9.17, 15) is 13.2 Å². The van der Waals surface area contributed by atoms with E-state index in [0.29, 0.717) is 34.9 Å². The molecule has 0 saturated carbocycles. The number of carbonyl (C=O) groups is 1. The van der Waals surface area contributed by atoms with Gasteiger partial charge >= 0.3 is 0 Å². The van der Waals surface area contributed by atoms with E-state index < -0.39 is 10.0 Å². The molecule has 1 aromatic heterocycles. The van der Waals surface area contributed by atoms with E-state index in [1.807, 2.05) is 30.3 Å². The molecule has 2 aliphatic rings. The van der Waals surface area contributed by atoms with Crippen LogP contribution >= 0.6 is 0 Å². The van der Waals surface area contributed by atoms with Crippen molar-refractivity contribution in [3.05, 3.63) is 52.8 Å². The van der Waals surface area contributed by atoms with Crippen molar-refractivity contribution in [2.24, 2.45) is 0 Å². The minimum Gasteiger partial charge on any atom is -0.496 e. The lowest BCUT2D eigenvalue weighted by Crippen LogP contribution is -2.46. The van der Waals surface area contributed by atoms with Gasteiger partial charge in [-0.05, 0) is 113 Å². The number of hydrogen-bond donors (Lipinski definition) is 0. The number of amides is 1. The molecule has 9 nitrogen and oxygen atoms in total. The average molecular weight is 601 g/mol. The summed E-state index contributed by atoms with van der Waals surface area (Å²) in [6.07, 6.45) is 10.5. The zero-order valence-corrected chi connectivity index (χ0v) is 26.8. The predicted molar refractivity (Wildman–Crippen MR) is 164 cm³/mol. The van der Waals surface area contributed by atoms with Crippen molar-refractivity contribution in [3.8, 4) is 5.75 Å². The molecule has 2 aromatic rings. The highest BCUT2D eigenvalue weighted by atomic mass is 32.2. The van der Waals surface area contributed by atoms with Crippen LogP contribution < -0.4 is 4.74 Å². The Labute approximate surface area is 252 Å². The van der Waals surface area contributed by atoms with Crippen LogP contribution in [0.15, 0.2) is 35.5 Å². The molecule has 0 atom stereocenters. The summed E-state index contributed by atoms with van der Waals surface area (Å²) in [6, 6.07) is 5.95. The molecular weight excluding hydrogens is 552 g/mol. The molecular formula is C32H48N4O5S. The second kappa shape index (κ2) is 14.3. The number of likely N-dealkylation sites (N-methyl/N-ethyl adjacent to an activating group) is 1. The van der Waals surface area contributed by atoms with Gasteiger partial charge in [0.05, 0.1) is 18.6 Å². The van der Waals surface area contributed by atoms with Crippen molar-refractivity contribution in [3.63, 3.8) is 0 Å². The fourth-order valence-corrected chi connectivity index (χ4v) is 8.17. The third kappa shape index (κ3) is 7.33. The molecule has 2 fully saturated rings. The lowest BCUT2D eigenvalue weighted by molar-refractivity contribution is -0.137. The van der Waals surface area contributed by atoms with Crippen LogP contribution in [0.2, 0.25) is 0 Å². The number of hydrogen-bond acceptors (Lipinski definition) is 7. The lowest BCUT2D eigenvalue weighted by Gasteiger charge is -2.42. The Morgan fingerprint density at radius 1 is 1.10 bits per heavy atom. The summed E-state index contributed by atoms with van der Waals surface area (Å²) < 4.78 is 39.1. The van der Waals surface area contributed by atoms with E-state index in [2.05, 4.69) is 16.0 Å². The predicted octanol–water partition coefficient (Wildman–Crippen LogP) is 4.09. The molecule has 4 rings (SSSR count). The third-order valence-electron chi connectivity index (χ3n) is 9.32. The molecule has 3 heterocycles. The Kier molecular flexibility index (Phi) is 11.0. The number of pyridine rings is 1. The molecule has 1 amide bonds. The van der Waals surface area contributed by atoms with Gasteiger partial charge in [0, 0.05) is 44.5 Å². The number of carbonyl (C=O) groups excluding carboxylic acids is 1. The van der Waals surface area contributed by atoms with Crippen LogP contribution in [0.5, 0.6) is 5.75 Å². The van der Waals surface area contributed by atoms with Crippen molar-refractivity contribution in [2.45, 2.75) is 69.6 Å². The van der Waals surface area contributed by atoms with E-state index in [-0.39, 0.29) is 31.1 Å². The van der Waals surface area contributed by atoms with Crippen molar-refractivity contribution in [2.75, 3.05) is 66.6 Å². The number of piperidine rings is 1. The molecule has 0 N–H and O–H groups in total. The second-order valence-electron chi connectivity index (χ2n) is 11.9. The Balaban J connectivity index is 1.27. The van der Waals surface area contributed by atoms with Crippen molar-refractivity contribution >= 4 is 15.9 Å². The largest absolute Gasteiger partial charge is 0.496 e. The first-order valence-electron chi connectivity index (χ1n) is 15.2. The number of aryl methyl sites for hydroxylation is 1. The molecule has 2 saturated heterocycles. The van der Waals surface area contributed by atoms with Crippen LogP contribution in [-0.2, 0) is 25.0 Å². The second-order valence-corrected chi connectivity index (χ2v) is 13.9. The highest BCUT2D eigenvalue weighted by Gasteiger charge is 2.37. The first-order valence-corrected chi connectivity index (χ1v) is 16.6. The van der Waals surface area contributed by atoms with Gasteiger partial charge in [-0.25, -0.2) is 8.42 Å². The maximum atomic E-state index is 13.4. The molecule has 42 heavy (non-hydrogen) atoms. The number of aromatic nitrogens is 1. The molecule has 0 radical (unpaired) electrons. The molecule has 0 aliphatic carbocycles. The van der Waals surface area contributed by atoms with Crippen LogP contribution in [0.3, 0.4) is 0 Å². The van der Waals surface area contributed by atoms with Crippen LogP contribution in [-0.4, -0.2) is 100 Å². The molecule has 0 spiro atoms. The van der Waals surface area contributed by atoms with Gasteiger partial charge in [-0.2, -0.15) is 4.31 Å². The van der Waals surface area contributed by atoms with Gasteiger partial charge < -0.3 is 19.3 Å². The quantitative estimate of drug-likeness (QED) is 0.320. The van der Waals surface area contributed by atoms with Gasteiger partial charge in [-0.3, -0.25) is 9.78 Å². The zero-order valence-electron chi connectivity index (χ0n) is 26.0. The van der Waals surface area contributed by atoms with Crippen LogP contribution in [0, 0.1) is 20.8 Å². The number of ether oxygens (including phenoxy) is 2. The minimum absolute atomic E-state index is 0.0404. The monoisotopic (exact) mass is 600 g/mol. The van der Waals surface area contributed by atoms with Crippen LogP contribution in [0.4, 0.5) is 0 Å². The molecule has 10 heteroatoms. The Hall–Kier alpha value is -2.53. The maximum Gasteiger partial charge on any atom is 0.248 e. The summed E-state index contributed by atoms with van der Waals surface area (Å²) in [5, 5.41) is 0. The highest BCUT2D eigenvalue weighted by molar-refractivity contribution is 7.89. The number of methoxy groups -OCH3 is 1. The third-order valence-corrected chi connectivity index (χ3v) is 11.5. The number of nitrogens with zero attached hydrogens (tertiary/aromatic N) is 4. The van der Waals surface area contributed by atoms with Crippen LogP contribution in [0.1, 0.15) is 60.8 Å². The summed E-state index contributed by atoms with van der Waals surface area (Å²) in [4.78, 5) is 22.2. The number of sulfonamides is 1. The standard InChI is InChI=1S/C32H48N4O5S/c1-25-22-29(40-5)26(2)27(3)31(25)42(38,39)34(4)20-21-41-24-30(37)36-18-12-32(13-19-36,28-10-8-14-33-23-28)11-9-17-35-15-6-7-16-35/h8,10,14,22-23H,6-7,9,11-13,15-21,24H2,1-5H3. The molecule has 2 aliphatic heterocycles. The normalized spacial score (nSPS) is 17.6. The molecule has 0 bridgehead atoms. The number of likely N-dealkylation sites (tertiary alicyclic amines) is 2. The smallest absolute Gasteiger partial charge is 0.248 e.